The molecule has 2 rings (SSSR count). The minimum absolute atomic E-state index is 0.177. The largest absolute Gasteiger partial charge is 0.376 e. The molecule has 0 aliphatic heterocycles. The fourth-order valence-corrected chi connectivity index (χ4v) is 2.80. The summed E-state index contributed by atoms with van der Waals surface area (Å²) in [6.07, 6.45) is 3.69. The van der Waals surface area contributed by atoms with Crippen molar-refractivity contribution in [2.75, 3.05) is 11.9 Å². The molecule has 0 heterocycles. The van der Waals surface area contributed by atoms with Crippen molar-refractivity contribution < 1.29 is 4.79 Å². The molecule has 0 radical (unpaired) electrons. The Bertz CT molecular complexity index is 839. The Morgan fingerprint density at radius 3 is 2.52 bits per heavy atom. The van der Waals surface area contributed by atoms with Crippen LogP contribution in [0.5, 0.6) is 0 Å². The van der Waals surface area contributed by atoms with Gasteiger partial charge in [-0.3, -0.25) is 4.79 Å². The van der Waals surface area contributed by atoms with E-state index in [-0.39, 0.29) is 12.5 Å². The molecular formula is C22H26IN3O. The predicted molar refractivity (Wildman–Crippen MR) is 123 cm³/mol. The minimum atomic E-state index is -0.184. The van der Waals surface area contributed by atoms with E-state index in [2.05, 4.69) is 76.5 Å². The van der Waals surface area contributed by atoms with Crippen molar-refractivity contribution in [3.63, 3.8) is 0 Å². The number of hydrogen-bond acceptors (Lipinski definition) is 3. The maximum absolute atomic E-state index is 11.9. The van der Waals surface area contributed by atoms with E-state index >= 15 is 0 Å². The van der Waals surface area contributed by atoms with E-state index in [1.165, 1.54) is 14.7 Å². The first-order chi connectivity index (χ1) is 12.8. The van der Waals surface area contributed by atoms with Crippen LogP contribution in [-0.2, 0) is 4.79 Å². The lowest BCUT2D eigenvalue weighted by Gasteiger charge is -2.07. The van der Waals surface area contributed by atoms with Gasteiger partial charge in [-0.15, -0.1) is 0 Å². The Labute approximate surface area is 175 Å². The quantitative estimate of drug-likeness (QED) is 0.323. The zero-order chi connectivity index (χ0) is 19.8. The first kappa shape index (κ1) is 21.2. The zero-order valence-corrected chi connectivity index (χ0v) is 18.4. The molecule has 2 N–H and O–H groups in total. The van der Waals surface area contributed by atoms with Gasteiger partial charge in [0.1, 0.15) is 0 Å². The molecule has 0 aromatic heterocycles. The molecule has 5 heteroatoms. The van der Waals surface area contributed by atoms with Gasteiger partial charge in [-0.1, -0.05) is 44.2 Å². The van der Waals surface area contributed by atoms with Crippen LogP contribution in [0.15, 0.2) is 53.1 Å². The highest BCUT2D eigenvalue weighted by molar-refractivity contribution is 14.1. The van der Waals surface area contributed by atoms with Crippen LogP contribution < -0.4 is 10.7 Å². The molecule has 27 heavy (non-hydrogen) atoms. The Hall–Kier alpha value is -2.15. The molecule has 0 bridgehead atoms. The van der Waals surface area contributed by atoms with Gasteiger partial charge in [-0.05, 0) is 82.8 Å². The number of nitrogens with one attached hydrogen (secondary N) is 2. The lowest BCUT2D eigenvalue weighted by atomic mass is 10.0. The van der Waals surface area contributed by atoms with Crippen molar-refractivity contribution in [2.24, 2.45) is 5.10 Å². The van der Waals surface area contributed by atoms with Crippen LogP contribution >= 0.6 is 22.6 Å². The summed E-state index contributed by atoms with van der Waals surface area (Å²) in [5, 5.41) is 7.12. The number of benzene rings is 2. The number of nitrogens with zero attached hydrogens (tertiary/aromatic N) is 1. The zero-order valence-electron chi connectivity index (χ0n) is 16.2. The van der Waals surface area contributed by atoms with Gasteiger partial charge in [-0.2, -0.15) is 5.10 Å². The molecule has 2 aromatic carbocycles. The van der Waals surface area contributed by atoms with Crippen molar-refractivity contribution in [1.82, 2.24) is 5.43 Å². The number of anilines is 1. The average Bonchev–Trinajstić information content (AvgIpc) is 2.63. The normalized spacial score (nSPS) is 11.9. The monoisotopic (exact) mass is 475 g/mol. The molecule has 1 amide bonds. The van der Waals surface area contributed by atoms with Crippen LogP contribution in [0.4, 0.5) is 5.69 Å². The van der Waals surface area contributed by atoms with Crippen molar-refractivity contribution in [1.29, 1.82) is 0 Å². The number of halogens is 1. The SMILES string of the molecule is CC(/C=N\NC(=O)CNc1ccc(I)c(C)c1)=C/c1ccc(C(C)C)cc1. The van der Waals surface area contributed by atoms with Crippen LogP contribution in [0, 0.1) is 10.5 Å². The molecule has 0 spiro atoms. The van der Waals surface area contributed by atoms with Gasteiger partial charge in [0, 0.05) is 9.26 Å². The highest BCUT2D eigenvalue weighted by atomic mass is 127. The summed E-state index contributed by atoms with van der Waals surface area (Å²) in [6.45, 7) is 8.54. The van der Waals surface area contributed by atoms with Gasteiger partial charge in [0.15, 0.2) is 0 Å². The number of allylic oxidation sites excluding steroid dienone is 1. The fourth-order valence-electron chi connectivity index (χ4n) is 2.46. The predicted octanol–water partition coefficient (Wildman–Crippen LogP) is 5.34. The van der Waals surface area contributed by atoms with Crippen LogP contribution in [0.2, 0.25) is 0 Å². The molecule has 4 nitrogen and oxygen atoms in total. The molecule has 0 aliphatic carbocycles. The molecular weight excluding hydrogens is 449 g/mol. The van der Waals surface area contributed by atoms with Crippen LogP contribution in [0.1, 0.15) is 43.4 Å². The van der Waals surface area contributed by atoms with Gasteiger partial charge in [0.25, 0.3) is 5.91 Å². The molecule has 2 aromatic rings. The van der Waals surface area contributed by atoms with Crippen molar-refractivity contribution in [2.45, 2.75) is 33.6 Å². The minimum Gasteiger partial charge on any atom is -0.376 e. The van der Waals surface area contributed by atoms with Crippen LogP contribution in [0.25, 0.3) is 6.08 Å². The standard InChI is InChI=1S/C22H26IN3O/c1-15(2)19-7-5-18(6-8-19)11-16(3)13-25-26-22(27)14-24-20-9-10-21(23)17(4)12-20/h5-13,15,24H,14H2,1-4H3,(H,26,27)/b16-11-,25-13-. The van der Waals surface area contributed by atoms with Crippen molar-refractivity contribution in [3.05, 3.63) is 68.3 Å². The van der Waals surface area contributed by atoms with E-state index in [1.54, 1.807) is 6.21 Å². The third-order valence-corrected chi connectivity index (χ3v) is 5.28. The first-order valence-corrected chi connectivity index (χ1v) is 10.0. The van der Waals surface area contributed by atoms with E-state index in [9.17, 15) is 4.79 Å². The number of amides is 1. The summed E-state index contributed by atoms with van der Waals surface area (Å²) in [6, 6.07) is 14.5. The lowest BCUT2D eigenvalue weighted by Crippen LogP contribution is -2.25. The average molecular weight is 475 g/mol. The molecule has 142 valence electrons. The van der Waals surface area contributed by atoms with Gasteiger partial charge < -0.3 is 5.32 Å². The Balaban J connectivity index is 1.82. The fraction of sp³-hybridized carbons (Fsp3) is 0.273. The van der Waals surface area contributed by atoms with E-state index < -0.39 is 0 Å². The van der Waals surface area contributed by atoms with Gasteiger partial charge in [0.05, 0.1) is 12.8 Å². The summed E-state index contributed by atoms with van der Waals surface area (Å²) in [5.41, 5.74) is 8.05. The van der Waals surface area contributed by atoms with E-state index in [0.29, 0.717) is 5.92 Å². The number of rotatable bonds is 7. The second-order valence-electron chi connectivity index (χ2n) is 6.82. The Morgan fingerprint density at radius 1 is 1.19 bits per heavy atom. The van der Waals surface area contributed by atoms with Gasteiger partial charge in [0.2, 0.25) is 0 Å². The number of carbonyl (C=O) groups is 1. The van der Waals surface area contributed by atoms with Gasteiger partial charge in [-0.25, -0.2) is 5.43 Å². The number of aryl methyl sites for hydroxylation is 1. The Morgan fingerprint density at radius 2 is 1.89 bits per heavy atom. The van der Waals surface area contributed by atoms with E-state index in [1.807, 2.05) is 38.1 Å². The van der Waals surface area contributed by atoms with Crippen molar-refractivity contribution >= 4 is 46.5 Å². The molecule has 0 fully saturated rings. The molecule has 0 aliphatic rings. The smallest absolute Gasteiger partial charge is 0.259 e. The van der Waals surface area contributed by atoms with Crippen LogP contribution in [0.3, 0.4) is 0 Å². The van der Waals surface area contributed by atoms with Gasteiger partial charge >= 0.3 is 0 Å². The van der Waals surface area contributed by atoms with Crippen molar-refractivity contribution in [3.8, 4) is 0 Å². The maximum atomic E-state index is 11.9. The topological polar surface area (TPSA) is 53.5 Å². The molecule has 0 saturated heterocycles. The summed E-state index contributed by atoms with van der Waals surface area (Å²) < 4.78 is 1.20. The Kier molecular flexibility index (Phi) is 8.03. The second-order valence-corrected chi connectivity index (χ2v) is 7.98. The summed E-state index contributed by atoms with van der Waals surface area (Å²) in [4.78, 5) is 11.9. The summed E-state index contributed by atoms with van der Waals surface area (Å²) >= 11 is 2.29. The highest BCUT2D eigenvalue weighted by Gasteiger charge is 2.01. The lowest BCUT2D eigenvalue weighted by molar-refractivity contribution is -0.119. The summed E-state index contributed by atoms with van der Waals surface area (Å²) in [5.74, 6) is 0.342. The first-order valence-electron chi connectivity index (χ1n) is 8.95. The second kappa shape index (κ2) is 10.3. The maximum Gasteiger partial charge on any atom is 0.259 e. The van der Waals surface area contributed by atoms with E-state index in [4.69, 9.17) is 0 Å². The highest BCUT2D eigenvalue weighted by Crippen LogP contribution is 2.17. The third kappa shape index (κ3) is 7.17. The number of hydrogen-bond donors (Lipinski definition) is 2. The summed E-state index contributed by atoms with van der Waals surface area (Å²) in [7, 11) is 0. The molecule has 0 saturated carbocycles. The number of hydrazone groups is 1. The third-order valence-electron chi connectivity index (χ3n) is 4.07. The van der Waals surface area contributed by atoms with Crippen LogP contribution in [-0.4, -0.2) is 18.7 Å². The number of carbonyl (C=O) groups excluding carboxylic acids is 1. The molecule has 0 unspecified atom stereocenters. The van der Waals surface area contributed by atoms with E-state index in [0.717, 1.165) is 16.8 Å². The molecule has 0 atom stereocenters.